The zero-order chi connectivity index (χ0) is 13.7. The maximum Gasteiger partial charge on any atom is 0.279 e. The molecular weight excluding hydrogens is 264 g/mol. The van der Waals surface area contributed by atoms with Crippen LogP contribution in [0.1, 0.15) is 11.7 Å². The maximum absolute atomic E-state index is 11.8. The zero-order valence-corrected chi connectivity index (χ0v) is 10.8. The number of hydrazine groups is 1. The Hall–Kier alpha value is -2.04. The van der Waals surface area contributed by atoms with E-state index in [2.05, 4.69) is 5.43 Å². The molecular formula is C14H13ClN2O2. The highest BCUT2D eigenvalue weighted by atomic mass is 35.5. The highest BCUT2D eigenvalue weighted by Gasteiger charge is 2.22. The summed E-state index contributed by atoms with van der Waals surface area (Å²) in [5, 5.41) is 0.438. The summed E-state index contributed by atoms with van der Waals surface area (Å²) in [4.78, 5) is 11.8. The van der Waals surface area contributed by atoms with E-state index in [-0.39, 0.29) is 0 Å². The molecule has 5 heteroatoms. The second-order valence-electron chi connectivity index (χ2n) is 3.85. The van der Waals surface area contributed by atoms with E-state index in [1.807, 2.05) is 18.2 Å². The Morgan fingerprint density at radius 2 is 1.74 bits per heavy atom. The van der Waals surface area contributed by atoms with Crippen molar-refractivity contribution >= 4 is 17.5 Å². The van der Waals surface area contributed by atoms with Gasteiger partial charge in [0, 0.05) is 5.56 Å². The Kier molecular flexibility index (Phi) is 4.39. The van der Waals surface area contributed by atoms with Crippen LogP contribution in [0.3, 0.4) is 0 Å². The summed E-state index contributed by atoms with van der Waals surface area (Å²) in [6.07, 6.45) is -0.842. The van der Waals surface area contributed by atoms with E-state index in [1.54, 1.807) is 36.4 Å². The third-order valence-electron chi connectivity index (χ3n) is 2.56. The van der Waals surface area contributed by atoms with Gasteiger partial charge in [0.1, 0.15) is 5.75 Å². The van der Waals surface area contributed by atoms with Gasteiger partial charge in [0.05, 0.1) is 5.02 Å². The molecule has 0 unspecified atom stereocenters. The molecule has 0 aliphatic heterocycles. The molecule has 0 aromatic heterocycles. The summed E-state index contributed by atoms with van der Waals surface area (Å²) >= 11 is 6.02. The number of ether oxygens (including phenoxy) is 1. The van der Waals surface area contributed by atoms with E-state index < -0.39 is 12.0 Å². The molecule has 1 amide bonds. The van der Waals surface area contributed by atoms with E-state index in [4.69, 9.17) is 22.2 Å². The summed E-state index contributed by atoms with van der Waals surface area (Å²) < 4.78 is 5.66. The Morgan fingerprint density at radius 3 is 2.37 bits per heavy atom. The number of amides is 1. The first-order valence-corrected chi connectivity index (χ1v) is 6.06. The largest absolute Gasteiger partial charge is 0.474 e. The van der Waals surface area contributed by atoms with E-state index >= 15 is 0 Å². The van der Waals surface area contributed by atoms with Crippen molar-refractivity contribution in [3.05, 3.63) is 65.2 Å². The van der Waals surface area contributed by atoms with Crippen molar-refractivity contribution in [2.75, 3.05) is 0 Å². The molecule has 19 heavy (non-hydrogen) atoms. The van der Waals surface area contributed by atoms with E-state index in [9.17, 15) is 4.79 Å². The van der Waals surface area contributed by atoms with Crippen LogP contribution in [0, 0.1) is 0 Å². The summed E-state index contributed by atoms with van der Waals surface area (Å²) in [6, 6.07) is 16.0. The second-order valence-corrected chi connectivity index (χ2v) is 4.25. The lowest BCUT2D eigenvalue weighted by atomic mass is 10.1. The average molecular weight is 277 g/mol. The van der Waals surface area contributed by atoms with E-state index in [1.165, 1.54) is 0 Å². The predicted octanol–water partition coefficient (Wildman–Crippen LogP) is 2.45. The van der Waals surface area contributed by atoms with Gasteiger partial charge in [0.15, 0.2) is 0 Å². The van der Waals surface area contributed by atoms with E-state index in [0.717, 1.165) is 0 Å². The van der Waals surface area contributed by atoms with Gasteiger partial charge in [-0.15, -0.1) is 0 Å². The van der Waals surface area contributed by atoms with Crippen molar-refractivity contribution < 1.29 is 9.53 Å². The smallest absolute Gasteiger partial charge is 0.279 e. The van der Waals surface area contributed by atoms with Crippen LogP contribution >= 0.6 is 11.6 Å². The molecule has 1 atom stereocenters. The van der Waals surface area contributed by atoms with E-state index in [0.29, 0.717) is 16.3 Å². The molecule has 2 aromatic carbocycles. The summed E-state index contributed by atoms with van der Waals surface area (Å²) in [7, 11) is 0. The van der Waals surface area contributed by atoms with Gasteiger partial charge in [-0.2, -0.15) is 0 Å². The number of benzene rings is 2. The Bertz CT molecular complexity index is 560. The van der Waals surface area contributed by atoms with Gasteiger partial charge in [-0.3, -0.25) is 10.2 Å². The number of halogens is 1. The molecule has 0 fully saturated rings. The number of nitrogens with one attached hydrogen (secondary N) is 1. The number of hydrogen-bond acceptors (Lipinski definition) is 3. The average Bonchev–Trinajstić information content (AvgIpc) is 2.46. The Labute approximate surface area is 116 Å². The molecule has 0 aliphatic carbocycles. The lowest BCUT2D eigenvalue weighted by Gasteiger charge is -2.18. The van der Waals surface area contributed by atoms with Crippen LogP contribution in [0.5, 0.6) is 5.75 Å². The lowest BCUT2D eigenvalue weighted by Crippen LogP contribution is -2.37. The van der Waals surface area contributed by atoms with Gasteiger partial charge in [0.2, 0.25) is 6.10 Å². The Morgan fingerprint density at radius 1 is 1.11 bits per heavy atom. The van der Waals surface area contributed by atoms with Crippen molar-refractivity contribution in [1.82, 2.24) is 5.43 Å². The van der Waals surface area contributed by atoms with Crippen LogP contribution < -0.4 is 16.0 Å². The number of hydrogen-bond donors (Lipinski definition) is 2. The van der Waals surface area contributed by atoms with Crippen LogP contribution in [0.15, 0.2) is 54.6 Å². The van der Waals surface area contributed by atoms with Crippen molar-refractivity contribution in [3.63, 3.8) is 0 Å². The van der Waals surface area contributed by atoms with Crippen LogP contribution in [-0.4, -0.2) is 5.91 Å². The highest BCUT2D eigenvalue weighted by Crippen LogP contribution is 2.28. The predicted molar refractivity (Wildman–Crippen MR) is 73.6 cm³/mol. The number of nitrogens with two attached hydrogens (primary N) is 1. The fraction of sp³-hybridized carbons (Fsp3) is 0.0714. The normalized spacial score (nSPS) is 11.7. The third kappa shape index (κ3) is 3.24. The number of rotatable bonds is 4. The molecule has 0 radical (unpaired) electrons. The van der Waals surface area contributed by atoms with Crippen LogP contribution in [0.25, 0.3) is 0 Å². The highest BCUT2D eigenvalue weighted by molar-refractivity contribution is 6.32. The SMILES string of the molecule is NNC(=O)[C@@H](Oc1ccccc1Cl)c1ccccc1. The lowest BCUT2D eigenvalue weighted by molar-refractivity contribution is -0.128. The molecule has 2 rings (SSSR count). The van der Waals surface area contributed by atoms with Gasteiger partial charge in [-0.1, -0.05) is 54.1 Å². The first kappa shape index (κ1) is 13.4. The first-order valence-electron chi connectivity index (χ1n) is 5.69. The van der Waals surface area contributed by atoms with Crippen molar-refractivity contribution in [2.24, 2.45) is 5.84 Å². The quantitative estimate of drug-likeness (QED) is 0.512. The third-order valence-corrected chi connectivity index (χ3v) is 2.88. The maximum atomic E-state index is 11.8. The molecule has 4 nitrogen and oxygen atoms in total. The molecule has 0 aliphatic rings. The fourth-order valence-corrected chi connectivity index (χ4v) is 1.82. The van der Waals surface area contributed by atoms with Gasteiger partial charge in [-0.05, 0) is 12.1 Å². The summed E-state index contributed by atoms with van der Waals surface area (Å²) in [5.41, 5.74) is 2.80. The van der Waals surface area contributed by atoms with Gasteiger partial charge in [0.25, 0.3) is 5.91 Å². The van der Waals surface area contributed by atoms with Gasteiger partial charge < -0.3 is 4.74 Å². The van der Waals surface area contributed by atoms with Crippen LogP contribution in [-0.2, 0) is 4.79 Å². The van der Waals surface area contributed by atoms with Crippen LogP contribution in [0.4, 0.5) is 0 Å². The monoisotopic (exact) mass is 276 g/mol. The molecule has 0 saturated carbocycles. The van der Waals surface area contributed by atoms with Crippen molar-refractivity contribution in [3.8, 4) is 5.75 Å². The topological polar surface area (TPSA) is 64.3 Å². The fourth-order valence-electron chi connectivity index (χ4n) is 1.64. The molecule has 98 valence electrons. The minimum absolute atomic E-state index is 0.432. The minimum atomic E-state index is -0.842. The molecule has 0 spiro atoms. The molecule has 2 aromatic rings. The number of para-hydroxylation sites is 1. The van der Waals surface area contributed by atoms with Crippen molar-refractivity contribution in [1.29, 1.82) is 0 Å². The molecule has 0 heterocycles. The van der Waals surface area contributed by atoms with Crippen molar-refractivity contribution in [2.45, 2.75) is 6.10 Å². The Balaban J connectivity index is 2.30. The first-order chi connectivity index (χ1) is 9.22. The number of carbonyl (C=O) groups excluding carboxylic acids is 1. The zero-order valence-electron chi connectivity index (χ0n) is 10.0. The summed E-state index contributed by atoms with van der Waals surface area (Å²) in [6.45, 7) is 0. The van der Waals surface area contributed by atoms with Crippen LogP contribution in [0.2, 0.25) is 5.02 Å². The number of carbonyl (C=O) groups is 1. The standard InChI is InChI=1S/C14H13ClN2O2/c15-11-8-4-5-9-12(11)19-13(14(18)17-16)10-6-2-1-3-7-10/h1-9,13H,16H2,(H,17,18)/t13-/m0/s1. The minimum Gasteiger partial charge on any atom is -0.474 e. The summed E-state index contributed by atoms with van der Waals surface area (Å²) in [5.74, 6) is 5.18. The molecule has 3 N–H and O–H groups in total. The van der Waals surface area contributed by atoms with Gasteiger partial charge in [-0.25, -0.2) is 5.84 Å². The van der Waals surface area contributed by atoms with Gasteiger partial charge >= 0.3 is 0 Å². The molecule has 0 saturated heterocycles. The second kappa shape index (κ2) is 6.22. The molecule has 0 bridgehead atoms.